The Kier molecular flexibility index (Phi) is 4.09. The summed E-state index contributed by atoms with van der Waals surface area (Å²) in [6.45, 7) is -0.786. The van der Waals surface area contributed by atoms with Gasteiger partial charge in [-0.3, -0.25) is 0 Å². The number of aromatic nitrogens is 4. The maximum atomic E-state index is 12.8. The fraction of sp³-hybridized carbons (Fsp3) is 0.522. The highest BCUT2D eigenvalue weighted by Gasteiger charge is 2.26. The van der Waals surface area contributed by atoms with Crippen molar-refractivity contribution in [2.24, 2.45) is 0 Å². The molecule has 1 atom stereocenters. The standard InChI is InChI=1S/C23H27N5O5/c1-15-13-27-22(25-28(23(27)29)16-6-9-30-14-16)24-21(15)26-7-4-17(5-8-26)33-18-2-3-19-20(12-18)32-11-10-31-19/h2-3,12-13,16-17H,4-11,14H2,1H3/t16-/m1/s1/i10D2,11D2. The summed E-state index contributed by atoms with van der Waals surface area (Å²) in [6.07, 6.45) is 3.93. The van der Waals surface area contributed by atoms with E-state index in [1.807, 2.05) is 6.92 Å². The molecular formula is C23H27N5O5. The van der Waals surface area contributed by atoms with Gasteiger partial charge in [-0.05, 0) is 25.5 Å². The minimum Gasteiger partial charge on any atom is -0.490 e. The Morgan fingerprint density at radius 2 is 1.97 bits per heavy atom. The second-order valence-corrected chi connectivity index (χ2v) is 8.48. The van der Waals surface area contributed by atoms with E-state index in [1.165, 1.54) is 21.2 Å². The van der Waals surface area contributed by atoms with Crippen LogP contribution in [0.5, 0.6) is 17.2 Å². The third kappa shape index (κ3) is 3.78. The summed E-state index contributed by atoms with van der Waals surface area (Å²) in [5.74, 6) is 1.89. The van der Waals surface area contributed by atoms with Gasteiger partial charge >= 0.3 is 5.69 Å². The second kappa shape index (κ2) is 8.26. The van der Waals surface area contributed by atoms with E-state index in [0.717, 1.165) is 30.6 Å². The molecule has 0 amide bonds. The van der Waals surface area contributed by atoms with Gasteiger partial charge in [-0.1, -0.05) is 0 Å². The van der Waals surface area contributed by atoms with E-state index >= 15 is 0 Å². The molecule has 0 spiro atoms. The molecule has 2 saturated heterocycles. The number of aryl methyl sites for hydroxylation is 1. The molecule has 6 rings (SSSR count). The first-order valence-corrected chi connectivity index (χ1v) is 11.1. The number of anilines is 1. The summed E-state index contributed by atoms with van der Waals surface area (Å²) in [5, 5.41) is 4.47. The summed E-state index contributed by atoms with van der Waals surface area (Å²) in [5.41, 5.74) is 0.681. The summed E-state index contributed by atoms with van der Waals surface area (Å²) < 4.78 is 55.8. The molecule has 10 heteroatoms. The number of piperidine rings is 1. The molecule has 33 heavy (non-hydrogen) atoms. The van der Waals surface area contributed by atoms with Crippen LogP contribution in [0.4, 0.5) is 5.82 Å². The van der Waals surface area contributed by atoms with E-state index in [-0.39, 0.29) is 29.3 Å². The second-order valence-electron chi connectivity index (χ2n) is 8.48. The van der Waals surface area contributed by atoms with Crippen molar-refractivity contribution in [2.75, 3.05) is 44.3 Å². The molecule has 0 bridgehead atoms. The van der Waals surface area contributed by atoms with Crippen LogP contribution in [0.25, 0.3) is 5.78 Å². The third-order valence-electron chi connectivity index (χ3n) is 6.27. The van der Waals surface area contributed by atoms with Gasteiger partial charge in [-0.25, -0.2) is 13.9 Å². The molecule has 1 aromatic carbocycles. The van der Waals surface area contributed by atoms with Crippen LogP contribution in [0.2, 0.25) is 0 Å². The van der Waals surface area contributed by atoms with Crippen LogP contribution >= 0.6 is 0 Å². The van der Waals surface area contributed by atoms with E-state index in [4.69, 9.17) is 29.4 Å². The predicted molar refractivity (Wildman–Crippen MR) is 120 cm³/mol. The molecule has 5 heterocycles. The summed E-state index contributed by atoms with van der Waals surface area (Å²) in [4.78, 5) is 19.7. The highest BCUT2D eigenvalue weighted by Crippen LogP contribution is 2.34. The largest absolute Gasteiger partial charge is 0.490 e. The Labute approximate surface area is 196 Å². The number of hydrogen-bond donors (Lipinski definition) is 0. The van der Waals surface area contributed by atoms with Crippen molar-refractivity contribution in [3.63, 3.8) is 0 Å². The third-order valence-corrected chi connectivity index (χ3v) is 6.27. The van der Waals surface area contributed by atoms with E-state index in [0.29, 0.717) is 37.8 Å². The van der Waals surface area contributed by atoms with Gasteiger partial charge in [0.1, 0.15) is 30.8 Å². The van der Waals surface area contributed by atoms with Gasteiger partial charge in [0.15, 0.2) is 11.5 Å². The minimum atomic E-state index is -2.62. The topological polar surface area (TPSA) is 92.4 Å². The summed E-state index contributed by atoms with van der Waals surface area (Å²) >= 11 is 0. The zero-order valence-electron chi connectivity index (χ0n) is 22.2. The van der Waals surface area contributed by atoms with Crippen LogP contribution in [0.1, 0.15) is 36.4 Å². The smallest absolute Gasteiger partial charge is 0.351 e. The number of fused-ring (bicyclic) bond motifs is 2. The lowest BCUT2D eigenvalue weighted by molar-refractivity contribution is 0.159. The van der Waals surface area contributed by atoms with Gasteiger partial charge < -0.3 is 23.8 Å². The lowest BCUT2D eigenvalue weighted by atomic mass is 10.1. The highest BCUT2D eigenvalue weighted by atomic mass is 16.6. The van der Waals surface area contributed by atoms with Gasteiger partial charge in [0, 0.05) is 50.4 Å². The quantitative estimate of drug-likeness (QED) is 0.587. The van der Waals surface area contributed by atoms with E-state index in [1.54, 1.807) is 12.3 Å². The van der Waals surface area contributed by atoms with Crippen molar-refractivity contribution in [3.05, 3.63) is 40.4 Å². The Bertz CT molecular complexity index is 1400. The van der Waals surface area contributed by atoms with E-state index in [9.17, 15) is 4.79 Å². The van der Waals surface area contributed by atoms with Crippen molar-refractivity contribution in [2.45, 2.75) is 38.3 Å². The molecule has 3 aliphatic heterocycles. The molecule has 2 aromatic heterocycles. The fourth-order valence-corrected chi connectivity index (χ4v) is 4.53. The van der Waals surface area contributed by atoms with Gasteiger partial charge in [0.05, 0.1) is 18.1 Å². The number of ether oxygens (including phenoxy) is 4. The van der Waals surface area contributed by atoms with Crippen molar-refractivity contribution < 1.29 is 24.4 Å². The molecule has 0 N–H and O–H groups in total. The zero-order valence-corrected chi connectivity index (χ0v) is 18.2. The zero-order chi connectivity index (χ0) is 25.9. The molecule has 2 fully saturated rings. The van der Waals surface area contributed by atoms with E-state index in [2.05, 4.69) is 10.00 Å². The lowest BCUT2D eigenvalue weighted by Crippen LogP contribution is -2.39. The lowest BCUT2D eigenvalue weighted by Gasteiger charge is -2.33. The molecule has 174 valence electrons. The maximum absolute atomic E-state index is 12.8. The fourth-order valence-electron chi connectivity index (χ4n) is 4.53. The summed E-state index contributed by atoms with van der Waals surface area (Å²) in [6, 6.07) is 4.65. The van der Waals surface area contributed by atoms with Crippen molar-refractivity contribution in [3.8, 4) is 17.2 Å². The number of rotatable bonds is 4. The first kappa shape index (κ1) is 16.4. The van der Waals surface area contributed by atoms with Crippen molar-refractivity contribution in [1.82, 2.24) is 19.2 Å². The van der Waals surface area contributed by atoms with Crippen LogP contribution in [-0.2, 0) is 4.74 Å². The Hall–Kier alpha value is -3.27. The average molecular weight is 458 g/mol. The van der Waals surface area contributed by atoms with Crippen molar-refractivity contribution >= 4 is 11.6 Å². The molecule has 0 unspecified atom stereocenters. The van der Waals surface area contributed by atoms with Gasteiger partial charge in [0.2, 0.25) is 0 Å². The molecule has 10 nitrogen and oxygen atoms in total. The normalized spacial score (nSPS) is 25.8. The Balaban J connectivity index is 1.14. The Morgan fingerprint density at radius 3 is 2.76 bits per heavy atom. The summed E-state index contributed by atoms with van der Waals surface area (Å²) in [7, 11) is 0. The minimum absolute atomic E-state index is 0.0634. The highest BCUT2D eigenvalue weighted by molar-refractivity contribution is 5.51. The molecule has 3 aromatic rings. The first-order chi connectivity index (χ1) is 17.6. The Morgan fingerprint density at radius 1 is 1.15 bits per heavy atom. The molecule has 0 saturated carbocycles. The van der Waals surface area contributed by atoms with Crippen LogP contribution in [-0.4, -0.2) is 64.7 Å². The first-order valence-electron chi connectivity index (χ1n) is 13.1. The van der Waals surface area contributed by atoms with Crippen LogP contribution in [0, 0.1) is 6.92 Å². The van der Waals surface area contributed by atoms with E-state index < -0.39 is 13.1 Å². The van der Waals surface area contributed by atoms with Crippen LogP contribution in [0.3, 0.4) is 0 Å². The van der Waals surface area contributed by atoms with Gasteiger partial charge in [-0.15, -0.1) is 5.10 Å². The monoisotopic (exact) mass is 457 g/mol. The average Bonchev–Trinajstić information content (AvgIpc) is 3.48. The van der Waals surface area contributed by atoms with Gasteiger partial charge in [-0.2, -0.15) is 4.98 Å². The molecular weight excluding hydrogens is 426 g/mol. The molecule has 0 radical (unpaired) electrons. The number of benzene rings is 1. The van der Waals surface area contributed by atoms with Crippen molar-refractivity contribution in [1.29, 1.82) is 0 Å². The predicted octanol–water partition coefficient (Wildman–Crippen LogP) is 1.98. The number of nitrogens with zero attached hydrogens (tertiary/aromatic N) is 5. The maximum Gasteiger partial charge on any atom is 0.351 e. The molecule has 0 aliphatic carbocycles. The number of hydrogen-bond acceptors (Lipinski definition) is 8. The molecule has 3 aliphatic rings. The van der Waals surface area contributed by atoms with Crippen LogP contribution in [0.15, 0.2) is 29.2 Å². The van der Waals surface area contributed by atoms with Gasteiger partial charge in [0.25, 0.3) is 5.78 Å². The van der Waals surface area contributed by atoms with Crippen LogP contribution < -0.4 is 24.8 Å². The SMILES string of the molecule is [2H]C1([2H])Oc2ccc(OC3CCN(c4nc5nn([C@@H]6CCOC6)c(=O)n5cc4C)CC3)cc2OC1([2H])[2H].